The van der Waals surface area contributed by atoms with Crippen molar-refractivity contribution in [3.63, 3.8) is 0 Å². The van der Waals surface area contributed by atoms with Crippen molar-refractivity contribution in [2.45, 2.75) is 39.2 Å². The summed E-state index contributed by atoms with van der Waals surface area (Å²) in [5, 5.41) is 30.4. The number of phenolic OH excluding ortho intramolecular Hbond substituents is 2. The number of rotatable bonds is 7. The highest BCUT2D eigenvalue weighted by Crippen LogP contribution is 2.25. The third kappa shape index (κ3) is 4.66. The molecule has 1 amide bonds. The number of hydrogen-bond acceptors (Lipinski definition) is 4. The van der Waals surface area contributed by atoms with Gasteiger partial charge in [0.1, 0.15) is 6.04 Å². The molecule has 1 rings (SSSR count). The van der Waals surface area contributed by atoms with Gasteiger partial charge in [0.2, 0.25) is 5.91 Å². The first-order valence-electron chi connectivity index (χ1n) is 6.93. The molecule has 0 heterocycles. The smallest absolute Gasteiger partial charge is 0.326 e. The maximum Gasteiger partial charge on any atom is 0.326 e. The molecule has 0 aromatic heterocycles. The second kappa shape index (κ2) is 7.52. The van der Waals surface area contributed by atoms with E-state index in [0.717, 1.165) is 0 Å². The highest BCUT2D eigenvalue weighted by molar-refractivity contribution is 5.85. The molecular formula is C15H21NO5. The van der Waals surface area contributed by atoms with Crippen LogP contribution in [-0.4, -0.2) is 33.2 Å². The summed E-state index contributed by atoms with van der Waals surface area (Å²) in [4.78, 5) is 23.2. The van der Waals surface area contributed by atoms with E-state index in [1.807, 2.05) is 13.8 Å². The van der Waals surface area contributed by atoms with Crippen molar-refractivity contribution in [3.8, 4) is 11.5 Å². The van der Waals surface area contributed by atoms with Gasteiger partial charge < -0.3 is 20.6 Å². The standard InChI is InChI=1S/C15H21NO5/c1-3-10(4-2)14(19)16-11(15(20)21)7-9-5-6-12(17)13(18)8-9/h5-6,8,10-11,17-18H,3-4,7H2,1-2H3,(H,16,19)(H,20,21). The number of carbonyl (C=O) groups is 2. The first kappa shape index (κ1) is 16.8. The van der Waals surface area contributed by atoms with Gasteiger partial charge in [0.15, 0.2) is 11.5 Å². The second-order valence-corrected chi connectivity index (χ2v) is 4.94. The number of aromatic hydroxyl groups is 2. The van der Waals surface area contributed by atoms with E-state index in [0.29, 0.717) is 18.4 Å². The molecule has 1 aromatic carbocycles. The maximum absolute atomic E-state index is 12.0. The van der Waals surface area contributed by atoms with Gasteiger partial charge in [-0.2, -0.15) is 0 Å². The minimum Gasteiger partial charge on any atom is -0.504 e. The van der Waals surface area contributed by atoms with Crippen molar-refractivity contribution in [3.05, 3.63) is 23.8 Å². The zero-order valence-corrected chi connectivity index (χ0v) is 12.2. The molecular weight excluding hydrogens is 274 g/mol. The van der Waals surface area contributed by atoms with E-state index >= 15 is 0 Å². The topological polar surface area (TPSA) is 107 Å². The summed E-state index contributed by atoms with van der Waals surface area (Å²) < 4.78 is 0. The van der Waals surface area contributed by atoms with E-state index < -0.39 is 12.0 Å². The van der Waals surface area contributed by atoms with Gasteiger partial charge >= 0.3 is 5.97 Å². The average molecular weight is 295 g/mol. The largest absolute Gasteiger partial charge is 0.504 e. The molecule has 1 atom stereocenters. The molecule has 0 fully saturated rings. The summed E-state index contributed by atoms with van der Waals surface area (Å²) in [5.74, 6) is -2.22. The van der Waals surface area contributed by atoms with Gasteiger partial charge in [-0.15, -0.1) is 0 Å². The summed E-state index contributed by atoms with van der Waals surface area (Å²) in [5.41, 5.74) is 0.516. The molecule has 21 heavy (non-hydrogen) atoms. The number of phenols is 2. The van der Waals surface area contributed by atoms with Gasteiger partial charge in [-0.1, -0.05) is 19.9 Å². The number of carboxylic acids is 1. The fraction of sp³-hybridized carbons (Fsp3) is 0.467. The molecule has 0 spiro atoms. The van der Waals surface area contributed by atoms with Crippen LogP contribution in [0.5, 0.6) is 11.5 Å². The van der Waals surface area contributed by atoms with Crippen LogP contribution in [0.1, 0.15) is 32.3 Å². The van der Waals surface area contributed by atoms with Crippen molar-refractivity contribution >= 4 is 11.9 Å². The molecule has 1 aromatic rings. The highest BCUT2D eigenvalue weighted by Gasteiger charge is 2.24. The lowest BCUT2D eigenvalue weighted by atomic mass is 10.0. The Morgan fingerprint density at radius 2 is 1.76 bits per heavy atom. The van der Waals surface area contributed by atoms with Crippen molar-refractivity contribution in [1.29, 1.82) is 0 Å². The van der Waals surface area contributed by atoms with Crippen molar-refractivity contribution in [2.75, 3.05) is 0 Å². The SMILES string of the molecule is CCC(CC)C(=O)NC(Cc1ccc(O)c(O)c1)C(=O)O. The van der Waals surface area contributed by atoms with Crippen LogP contribution in [0.2, 0.25) is 0 Å². The van der Waals surface area contributed by atoms with E-state index in [4.69, 9.17) is 0 Å². The molecule has 4 N–H and O–H groups in total. The molecule has 6 nitrogen and oxygen atoms in total. The van der Waals surface area contributed by atoms with Crippen molar-refractivity contribution in [2.24, 2.45) is 5.92 Å². The Hall–Kier alpha value is -2.24. The average Bonchev–Trinajstić information content (AvgIpc) is 2.43. The summed E-state index contributed by atoms with van der Waals surface area (Å²) in [6.45, 7) is 3.75. The Bertz CT molecular complexity index is 511. The number of amides is 1. The maximum atomic E-state index is 12.0. The highest BCUT2D eigenvalue weighted by atomic mass is 16.4. The number of aliphatic carboxylic acids is 1. The number of carboxylic acid groups (broad SMARTS) is 1. The minimum absolute atomic E-state index is 0.0368. The molecule has 0 bridgehead atoms. The number of hydrogen-bond donors (Lipinski definition) is 4. The molecule has 0 radical (unpaired) electrons. The van der Waals surface area contributed by atoms with Crippen LogP contribution in [0, 0.1) is 5.92 Å². The van der Waals surface area contributed by atoms with E-state index in [1.54, 1.807) is 0 Å². The van der Waals surface area contributed by atoms with Crippen LogP contribution in [0.25, 0.3) is 0 Å². The molecule has 0 aliphatic heterocycles. The molecule has 116 valence electrons. The molecule has 0 saturated heterocycles. The number of nitrogens with one attached hydrogen (secondary N) is 1. The molecule has 1 unspecified atom stereocenters. The lowest BCUT2D eigenvalue weighted by Gasteiger charge is -2.18. The van der Waals surface area contributed by atoms with Crippen LogP contribution in [0.15, 0.2) is 18.2 Å². The summed E-state index contributed by atoms with van der Waals surface area (Å²) in [7, 11) is 0. The number of benzene rings is 1. The third-order valence-corrected chi connectivity index (χ3v) is 3.45. The first-order valence-corrected chi connectivity index (χ1v) is 6.93. The lowest BCUT2D eigenvalue weighted by molar-refractivity contribution is -0.142. The van der Waals surface area contributed by atoms with Crippen LogP contribution < -0.4 is 5.32 Å². The van der Waals surface area contributed by atoms with E-state index in [-0.39, 0.29) is 29.7 Å². The summed E-state index contributed by atoms with van der Waals surface area (Å²) >= 11 is 0. The van der Waals surface area contributed by atoms with Crippen LogP contribution in [0.4, 0.5) is 0 Å². The van der Waals surface area contributed by atoms with Crippen molar-refractivity contribution < 1.29 is 24.9 Å². The van der Waals surface area contributed by atoms with Crippen LogP contribution in [0.3, 0.4) is 0 Å². The molecule has 0 aliphatic carbocycles. The van der Waals surface area contributed by atoms with E-state index in [1.165, 1.54) is 18.2 Å². The lowest BCUT2D eigenvalue weighted by Crippen LogP contribution is -2.44. The normalized spacial score (nSPS) is 12.1. The van der Waals surface area contributed by atoms with Gasteiger partial charge in [0, 0.05) is 12.3 Å². The minimum atomic E-state index is -1.14. The molecule has 6 heteroatoms. The predicted octanol–water partition coefficient (Wildman–Crippen LogP) is 1.65. The molecule has 0 aliphatic rings. The van der Waals surface area contributed by atoms with Gasteiger partial charge in [-0.05, 0) is 30.5 Å². The Morgan fingerprint density at radius 3 is 2.24 bits per heavy atom. The fourth-order valence-electron chi connectivity index (χ4n) is 2.08. The Labute approximate surface area is 123 Å². The van der Waals surface area contributed by atoms with Crippen LogP contribution in [-0.2, 0) is 16.0 Å². The van der Waals surface area contributed by atoms with E-state index in [9.17, 15) is 24.9 Å². The number of carbonyl (C=O) groups excluding carboxylic acids is 1. The van der Waals surface area contributed by atoms with Gasteiger partial charge in [-0.25, -0.2) is 4.79 Å². The van der Waals surface area contributed by atoms with E-state index in [2.05, 4.69) is 5.32 Å². The second-order valence-electron chi connectivity index (χ2n) is 4.94. The zero-order valence-electron chi connectivity index (χ0n) is 12.2. The zero-order chi connectivity index (χ0) is 16.0. The Kier molecular flexibility index (Phi) is 6.02. The van der Waals surface area contributed by atoms with Crippen LogP contribution >= 0.6 is 0 Å². The Morgan fingerprint density at radius 1 is 1.14 bits per heavy atom. The van der Waals surface area contributed by atoms with Gasteiger partial charge in [0.05, 0.1) is 0 Å². The van der Waals surface area contributed by atoms with Gasteiger partial charge in [-0.3, -0.25) is 4.79 Å². The van der Waals surface area contributed by atoms with Crippen molar-refractivity contribution in [1.82, 2.24) is 5.32 Å². The summed E-state index contributed by atoms with van der Waals surface area (Å²) in [6.07, 6.45) is 1.33. The predicted molar refractivity (Wildman–Crippen MR) is 77.1 cm³/mol. The Balaban J connectivity index is 2.80. The monoisotopic (exact) mass is 295 g/mol. The fourth-order valence-corrected chi connectivity index (χ4v) is 2.08. The third-order valence-electron chi connectivity index (χ3n) is 3.45. The van der Waals surface area contributed by atoms with Gasteiger partial charge in [0.25, 0.3) is 0 Å². The first-order chi connectivity index (χ1) is 9.88. The quantitative estimate of drug-likeness (QED) is 0.572. The summed E-state index contributed by atoms with van der Waals surface area (Å²) in [6, 6.07) is 3.01. The molecule has 0 saturated carbocycles.